The third-order valence-electron chi connectivity index (χ3n) is 3.18. The lowest BCUT2D eigenvalue weighted by Crippen LogP contribution is -2.34. The van der Waals surface area contributed by atoms with E-state index in [0.29, 0.717) is 12.1 Å². The van der Waals surface area contributed by atoms with Crippen molar-refractivity contribution in [1.29, 1.82) is 0 Å². The fourth-order valence-electron chi connectivity index (χ4n) is 2.15. The molecule has 2 aromatic rings. The maximum absolute atomic E-state index is 13.1. The Labute approximate surface area is 123 Å². The number of amides is 1. The molecule has 0 spiro atoms. The van der Waals surface area contributed by atoms with Crippen molar-refractivity contribution in [1.82, 2.24) is 4.90 Å². The van der Waals surface area contributed by atoms with Crippen LogP contribution in [0.3, 0.4) is 0 Å². The molecular formula is C17H18FNO2. The Morgan fingerprint density at radius 3 is 2.43 bits per heavy atom. The van der Waals surface area contributed by atoms with Gasteiger partial charge in [-0.1, -0.05) is 42.5 Å². The summed E-state index contributed by atoms with van der Waals surface area (Å²) < 4.78 is 13.1. The quantitative estimate of drug-likeness (QED) is 0.886. The highest BCUT2D eigenvalue weighted by Gasteiger charge is 2.14. The van der Waals surface area contributed by atoms with Crippen LogP contribution in [0.15, 0.2) is 54.6 Å². The van der Waals surface area contributed by atoms with Crippen molar-refractivity contribution < 1.29 is 14.3 Å². The number of carbonyl (C=O) groups is 1. The fraction of sp³-hybridized carbons (Fsp3) is 0.235. The van der Waals surface area contributed by atoms with Gasteiger partial charge in [-0.25, -0.2) is 4.39 Å². The van der Waals surface area contributed by atoms with Crippen molar-refractivity contribution in [2.75, 3.05) is 13.2 Å². The Bertz CT molecular complexity index is 586. The molecule has 110 valence electrons. The number of nitrogens with zero attached hydrogens (tertiary/aromatic N) is 1. The summed E-state index contributed by atoms with van der Waals surface area (Å²) in [6.45, 7) is 0.611. The first-order valence-corrected chi connectivity index (χ1v) is 6.86. The highest BCUT2D eigenvalue weighted by molar-refractivity contribution is 5.78. The second kappa shape index (κ2) is 7.55. The van der Waals surface area contributed by atoms with Crippen molar-refractivity contribution in [3.63, 3.8) is 0 Å². The summed E-state index contributed by atoms with van der Waals surface area (Å²) in [6.07, 6.45) is 0.130. The highest BCUT2D eigenvalue weighted by Crippen LogP contribution is 2.09. The lowest BCUT2D eigenvalue weighted by atomic mass is 10.1. The van der Waals surface area contributed by atoms with Crippen LogP contribution in [0.5, 0.6) is 0 Å². The molecule has 0 unspecified atom stereocenters. The number of hydrogen-bond acceptors (Lipinski definition) is 2. The lowest BCUT2D eigenvalue weighted by Gasteiger charge is -2.22. The van der Waals surface area contributed by atoms with Crippen LogP contribution in [-0.2, 0) is 17.8 Å². The molecule has 2 aromatic carbocycles. The summed E-state index contributed by atoms with van der Waals surface area (Å²) in [6, 6.07) is 15.6. The van der Waals surface area contributed by atoms with E-state index in [1.165, 1.54) is 12.1 Å². The lowest BCUT2D eigenvalue weighted by molar-refractivity contribution is -0.131. The standard InChI is InChI=1S/C17H18FNO2/c18-16-8-4-7-15(11-16)12-17(21)19(9-10-20)13-14-5-2-1-3-6-14/h1-8,11,20H,9-10,12-13H2. The maximum Gasteiger partial charge on any atom is 0.227 e. The predicted molar refractivity (Wildman–Crippen MR) is 79.0 cm³/mol. The summed E-state index contributed by atoms with van der Waals surface area (Å²) in [5.74, 6) is -0.476. The van der Waals surface area contributed by atoms with Crippen LogP contribution in [0.2, 0.25) is 0 Å². The average molecular weight is 287 g/mol. The molecule has 0 aliphatic rings. The van der Waals surface area contributed by atoms with Gasteiger partial charge in [0.15, 0.2) is 0 Å². The molecule has 0 radical (unpaired) electrons. The summed E-state index contributed by atoms with van der Waals surface area (Å²) in [5.41, 5.74) is 1.63. The molecule has 0 atom stereocenters. The van der Waals surface area contributed by atoms with Crippen LogP contribution < -0.4 is 0 Å². The van der Waals surface area contributed by atoms with Gasteiger partial charge < -0.3 is 10.0 Å². The summed E-state index contributed by atoms with van der Waals surface area (Å²) in [7, 11) is 0. The fourth-order valence-corrected chi connectivity index (χ4v) is 2.15. The van der Waals surface area contributed by atoms with E-state index in [1.54, 1.807) is 17.0 Å². The number of halogens is 1. The van der Waals surface area contributed by atoms with Gasteiger partial charge in [-0.2, -0.15) is 0 Å². The SMILES string of the molecule is O=C(Cc1cccc(F)c1)N(CCO)Cc1ccccc1. The van der Waals surface area contributed by atoms with Crippen LogP contribution in [0.25, 0.3) is 0 Å². The summed E-state index contributed by atoms with van der Waals surface area (Å²) in [4.78, 5) is 13.9. The Kier molecular flexibility index (Phi) is 5.46. The zero-order valence-electron chi connectivity index (χ0n) is 11.7. The third-order valence-corrected chi connectivity index (χ3v) is 3.18. The Morgan fingerprint density at radius 2 is 1.76 bits per heavy atom. The van der Waals surface area contributed by atoms with Crippen molar-refractivity contribution in [3.8, 4) is 0 Å². The van der Waals surface area contributed by atoms with Gasteiger partial charge in [-0.3, -0.25) is 4.79 Å². The van der Waals surface area contributed by atoms with E-state index < -0.39 is 0 Å². The number of aliphatic hydroxyl groups is 1. The summed E-state index contributed by atoms with van der Waals surface area (Å²) >= 11 is 0. The van der Waals surface area contributed by atoms with Crippen LogP contribution in [0, 0.1) is 5.82 Å². The topological polar surface area (TPSA) is 40.5 Å². The van der Waals surface area contributed by atoms with Gasteiger partial charge in [-0.15, -0.1) is 0 Å². The average Bonchev–Trinajstić information content (AvgIpc) is 2.48. The van der Waals surface area contributed by atoms with E-state index in [9.17, 15) is 9.18 Å². The Balaban J connectivity index is 2.05. The number of aliphatic hydroxyl groups excluding tert-OH is 1. The molecule has 0 heterocycles. The molecule has 2 rings (SSSR count). The van der Waals surface area contributed by atoms with Gasteiger partial charge >= 0.3 is 0 Å². The summed E-state index contributed by atoms with van der Waals surface area (Å²) in [5, 5.41) is 9.12. The molecule has 0 bridgehead atoms. The first kappa shape index (κ1) is 15.2. The molecule has 0 fully saturated rings. The highest BCUT2D eigenvalue weighted by atomic mass is 19.1. The molecule has 4 heteroatoms. The van der Waals surface area contributed by atoms with Crippen molar-refractivity contribution in [3.05, 3.63) is 71.5 Å². The predicted octanol–water partition coefficient (Wildman–Crippen LogP) is 2.39. The minimum atomic E-state index is -0.350. The van der Waals surface area contributed by atoms with Gasteiger partial charge in [-0.05, 0) is 23.3 Å². The monoisotopic (exact) mass is 287 g/mol. The van der Waals surface area contributed by atoms with Crippen molar-refractivity contribution in [2.45, 2.75) is 13.0 Å². The minimum absolute atomic E-state index is 0.0955. The molecule has 0 aliphatic carbocycles. The second-order valence-electron chi connectivity index (χ2n) is 4.83. The minimum Gasteiger partial charge on any atom is -0.395 e. The molecule has 0 saturated carbocycles. The van der Waals surface area contributed by atoms with Gasteiger partial charge in [0.05, 0.1) is 13.0 Å². The van der Waals surface area contributed by atoms with Crippen molar-refractivity contribution in [2.24, 2.45) is 0 Å². The van der Waals surface area contributed by atoms with E-state index in [4.69, 9.17) is 5.11 Å². The molecule has 0 saturated heterocycles. The van der Waals surface area contributed by atoms with E-state index in [0.717, 1.165) is 5.56 Å². The van der Waals surface area contributed by atoms with Crippen LogP contribution in [0.1, 0.15) is 11.1 Å². The zero-order valence-corrected chi connectivity index (χ0v) is 11.7. The molecular weight excluding hydrogens is 269 g/mol. The third kappa shape index (κ3) is 4.68. The number of benzene rings is 2. The molecule has 1 amide bonds. The number of carbonyl (C=O) groups excluding carboxylic acids is 1. The van der Waals surface area contributed by atoms with E-state index in [-0.39, 0.29) is 31.3 Å². The number of rotatable bonds is 6. The van der Waals surface area contributed by atoms with E-state index >= 15 is 0 Å². The largest absolute Gasteiger partial charge is 0.395 e. The first-order valence-electron chi connectivity index (χ1n) is 6.86. The van der Waals surface area contributed by atoms with Gasteiger partial charge in [0.2, 0.25) is 5.91 Å². The van der Waals surface area contributed by atoms with Crippen LogP contribution in [-0.4, -0.2) is 29.1 Å². The van der Waals surface area contributed by atoms with Crippen LogP contribution in [0.4, 0.5) is 4.39 Å². The smallest absolute Gasteiger partial charge is 0.227 e. The Hall–Kier alpha value is -2.20. The molecule has 0 aliphatic heterocycles. The number of hydrogen-bond donors (Lipinski definition) is 1. The maximum atomic E-state index is 13.1. The molecule has 3 nitrogen and oxygen atoms in total. The van der Waals surface area contributed by atoms with Gasteiger partial charge in [0.1, 0.15) is 5.82 Å². The second-order valence-corrected chi connectivity index (χ2v) is 4.83. The molecule has 0 aromatic heterocycles. The normalized spacial score (nSPS) is 10.4. The van der Waals surface area contributed by atoms with Crippen LogP contribution >= 0.6 is 0 Å². The van der Waals surface area contributed by atoms with Gasteiger partial charge in [0.25, 0.3) is 0 Å². The Morgan fingerprint density at radius 1 is 1.05 bits per heavy atom. The molecule has 1 N–H and O–H groups in total. The first-order chi connectivity index (χ1) is 10.2. The van der Waals surface area contributed by atoms with Crippen molar-refractivity contribution >= 4 is 5.91 Å². The molecule has 21 heavy (non-hydrogen) atoms. The van der Waals surface area contributed by atoms with E-state index in [2.05, 4.69) is 0 Å². The zero-order chi connectivity index (χ0) is 15.1. The van der Waals surface area contributed by atoms with Gasteiger partial charge in [0, 0.05) is 13.1 Å². The van der Waals surface area contributed by atoms with E-state index in [1.807, 2.05) is 30.3 Å².